The van der Waals surface area contributed by atoms with Crippen molar-refractivity contribution in [2.45, 2.75) is 6.92 Å². The summed E-state index contributed by atoms with van der Waals surface area (Å²) in [5, 5.41) is 5.04. The van der Waals surface area contributed by atoms with Crippen LogP contribution in [0.2, 0.25) is 0 Å². The molecule has 2 N–H and O–H groups in total. The Morgan fingerprint density at radius 2 is 2.09 bits per heavy atom. The standard InChI is InChI=1S/C17H16N4O2/c1-11-15(14-9-13(23-2)3-4-16(14)20-11)10-19-21-17(22)12-5-7-18-8-6-12/h3-10,20H,1-2H3,(H,21,22)/b19-10-. The molecule has 0 fully saturated rings. The van der Waals surface area contributed by atoms with E-state index >= 15 is 0 Å². The largest absolute Gasteiger partial charge is 0.497 e. The molecule has 3 aromatic rings. The van der Waals surface area contributed by atoms with Gasteiger partial charge in [-0.1, -0.05) is 0 Å². The lowest BCUT2D eigenvalue weighted by Crippen LogP contribution is -2.17. The number of carbonyl (C=O) groups is 1. The highest BCUT2D eigenvalue weighted by atomic mass is 16.5. The molecule has 0 atom stereocenters. The first-order chi connectivity index (χ1) is 11.2. The molecule has 6 heteroatoms. The van der Waals surface area contributed by atoms with Crippen molar-refractivity contribution >= 4 is 23.0 Å². The Labute approximate surface area is 133 Å². The van der Waals surface area contributed by atoms with Crippen molar-refractivity contribution in [2.75, 3.05) is 7.11 Å². The number of rotatable bonds is 4. The third kappa shape index (κ3) is 3.06. The fourth-order valence-electron chi connectivity index (χ4n) is 2.34. The molecule has 3 rings (SSSR count). The molecule has 0 saturated heterocycles. The number of aromatic nitrogens is 2. The second kappa shape index (κ2) is 6.31. The Balaban J connectivity index is 1.83. The summed E-state index contributed by atoms with van der Waals surface area (Å²) in [5.74, 6) is 0.491. The van der Waals surface area contributed by atoms with Gasteiger partial charge in [0.05, 0.1) is 13.3 Å². The Morgan fingerprint density at radius 3 is 2.83 bits per heavy atom. The van der Waals surface area contributed by atoms with Crippen molar-refractivity contribution in [3.05, 3.63) is 59.5 Å². The van der Waals surface area contributed by atoms with Crippen molar-refractivity contribution in [3.8, 4) is 5.75 Å². The van der Waals surface area contributed by atoms with Crippen LogP contribution in [0, 0.1) is 6.92 Å². The summed E-state index contributed by atoms with van der Waals surface area (Å²) in [6.45, 7) is 1.96. The number of hydrazone groups is 1. The molecule has 0 spiro atoms. The second-order valence-corrected chi connectivity index (χ2v) is 5.01. The first-order valence-corrected chi connectivity index (χ1v) is 7.09. The highest BCUT2D eigenvalue weighted by molar-refractivity contribution is 6.02. The van der Waals surface area contributed by atoms with Gasteiger partial charge < -0.3 is 9.72 Å². The van der Waals surface area contributed by atoms with E-state index in [9.17, 15) is 4.79 Å². The highest BCUT2D eigenvalue weighted by Crippen LogP contribution is 2.25. The molecule has 2 heterocycles. The molecule has 0 aliphatic carbocycles. The Bertz CT molecular complexity index is 869. The number of fused-ring (bicyclic) bond motifs is 1. The summed E-state index contributed by atoms with van der Waals surface area (Å²) < 4.78 is 5.25. The van der Waals surface area contributed by atoms with E-state index in [1.165, 1.54) is 0 Å². The van der Waals surface area contributed by atoms with Gasteiger partial charge in [0.15, 0.2) is 0 Å². The van der Waals surface area contributed by atoms with Gasteiger partial charge in [-0.15, -0.1) is 0 Å². The van der Waals surface area contributed by atoms with E-state index in [0.717, 1.165) is 27.9 Å². The Kier molecular flexibility index (Phi) is 4.05. The molecule has 0 unspecified atom stereocenters. The topological polar surface area (TPSA) is 79.4 Å². The van der Waals surface area contributed by atoms with E-state index in [0.29, 0.717) is 5.56 Å². The van der Waals surface area contributed by atoms with Crippen molar-refractivity contribution in [1.29, 1.82) is 0 Å². The third-order valence-corrected chi connectivity index (χ3v) is 3.55. The molecule has 1 amide bonds. The van der Waals surface area contributed by atoms with Crippen molar-refractivity contribution in [3.63, 3.8) is 0 Å². The maximum Gasteiger partial charge on any atom is 0.271 e. The van der Waals surface area contributed by atoms with Crippen LogP contribution in [0.3, 0.4) is 0 Å². The van der Waals surface area contributed by atoms with Gasteiger partial charge in [-0.3, -0.25) is 9.78 Å². The molecular weight excluding hydrogens is 292 g/mol. The van der Waals surface area contributed by atoms with E-state index in [-0.39, 0.29) is 5.91 Å². The minimum Gasteiger partial charge on any atom is -0.497 e. The third-order valence-electron chi connectivity index (χ3n) is 3.55. The number of hydrogen-bond donors (Lipinski definition) is 2. The van der Waals surface area contributed by atoms with Crippen LogP contribution >= 0.6 is 0 Å². The molecule has 0 aliphatic rings. The van der Waals surface area contributed by atoms with Crippen molar-refractivity contribution in [2.24, 2.45) is 5.10 Å². The fourth-order valence-corrected chi connectivity index (χ4v) is 2.34. The van der Waals surface area contributed by atoms with Crippen molar-refractivity contribution < 1.29 is 9.53 Å². The van der Waals surface area contributed by atoms with Crippen LogP contribution in [0.5, 0.6) is 5.75 Å². The summed E-state index contributed by atoms with van der Waals surface area (Å²) in [5.41, 5.74) is 5.89. The summed E-state index contributed by atoms with van der Waals surface area (Å²) in [6, 6.07) is 9.04. The summed E-state index contributed by atoms with van der Waals surface area (Å²) in [7, 11) is 1.63. The average Bonchev–Trinajstić information content (AvgIpc) is 2.90. The van der Waals surface area contributed by atoms with Gasteiger partial charge in [0.25, 0.3) is 5.91 Å². The van der Waals surface area contributed by atoms with E-state index in [1.54, 1.807) is 37.9 Å². The van der Waals surface area contributed by atoms with Gasteiger partial charge in [-0.25, -0.2) is 5.43 Å². The minimum absolute atomic E-state index is 0.279. The van der Waals surface area contributed by atoms with E-state index in [2.05, 4.69) is 20.5 Å². The quantitative estimate of drug-likeness (QED) is 0.574. The molecular formula is C17H16N4O2. The van der Waals surface area contributed by atoms with Gasteiger partial charge >= 0.3 is 0 Å². The summed E-state index contributed by atoms with van der Waals surface area (Å²) in [6.07, 6.45) is 4.76. The van der Waals surface area contributed by atoms with Gasteiger partial charge in [0, 0.05) is 40.1 Å². The normalized spacial score (nSPS) is 11.0. The number of aryl methyl sites for hydroxylation is 1. The van der Waals surface area contributed by atoms with E-state index in [4.69, 9.17) is 4.74 Å². The molecule has 0 saturated carbocycles. The maximum absolute atomic E-state index is 11.9. The minimum atomic E-state index is -0.279. The monoisotopic (exact) mass is 308 g/mol. The number of carbonyl (C=O) groups excluding carboxylic acids is 1. The molecule has 23 heavy (non-hydrogen) atoms. The number of pyridine rings is 1. The molecule has 1 aromatic carbocycles. The summed E-state index contributed by atoms with van der Waals surface area (Å²) in [4.78, 5) is 19.1. The van der Waals surface area contributed by atoms with Gasteiger partial charge in [0.1, 0.15) is 5.75 Å². The van der Waals surface area contributed by atoms with Gasteiger partial charge in [0.2, 0.25) is 0 Å². The van der Waals surface area contributed by atoms with Gasteiger partial charge in [-0.2, -0.15) is 5.10 Å². The van der Waals surface area contributed by atoms with Crippen LogP contribution < -0.4 is 10.2 Å². The zero-order chi connectivity index (χ0) is 16.2. The van der Waals surface area contributed by atoms with Crippen LogP contribution in [-0.4, -0.2) is 29.2 Å². The zero-order valence-corrected chi connectivity index (χ0v) is 12.8. The highest BCUT2D eigenvalue weighted by Gasteiger charge is 2.08. The van der Waals surface area contributed by atoms with Crippen molar-refractivity contribution in [1.82, 2.24) is 15.4 Å². The van der Waals surface area contributed by atoms with Crippen LogP contribution in [0.4, 0.5) is 0 Å². The number of aromatic amines is 1. The predicted molar refractivity (Wildman–Crippen MR) is 88.9 cm³/mol. The number of amides is 1. The number of benzene rings is 1. The number of ether oxygens (including phenoxy) is 1. The number of nitrogens with one attached hydrogen (secondary N) is 2. The number of nitrogens with zero attached hydrogens (tertiary/aromatic N) is 2. The number of H-pyrrole nitrogens is 1. The van der Waals surface area contributed by atoms with Crippen LogP contribution in [0.1, 0.15) is 21.6 Å². The summed E-state index contributed by atoms with van der Waals surface area (Å²) >= 11 is 0. The molecule has 116 valence electrons. The first-order valence-electron chi connectivity index (χ1n) is 7.09. The predicted octanol–water partition coefficient (Wildman–Crippen LogP) is 2.64. The lowest BCUT2D eigenvalue weighted by molar-refractivity contribution is 0.0955. The Hall–Kier alpha value is -3.15. The van der Waals surface area contributed by atoms with Crippen LogP contribution in [-0.2, 0) is 0 Å². The van der Waals surface area contributed by atoms with Gasteiger partial charge in [-0.05, 0) is 37.3 Å². The smallest absolute Gasteiger partial charge is 0.271 e. The number of hydrogen-bond acceptors (Lipinski definition) is 4. The van der Waals surface area contributed by atoms with E-state index < -0.39 is 0 Å². The number of methoxy groups -OCH3 is 1. The molecule has 0 radical (unpaired) electrons. The first kappa shape index (κ1) is 14.8. The average molecular weight is 308 g/mol. The zero-order valence-electron chi connectivity index (χ0n) is 12.8. The lowest BCUT2D eigenvalue weighted by Gasteiger charge is -2.00. The van der Waals surface area contributed by atoms with Crippen LogP contribution in [0.15, 0.2) is 47.8 Å². The second-order valence-electron chi connectivity index (χ2n) is 5.01. The molecule has 2 aromatic heterocycles. The lowest BCUT2D eigenvalue weighted by atomic mass is 10.1. The molecule has 0 aliphatic heterocycles. The maximum atomic E-state index is 11.9. The van der Waals surface area contributed by atoms with E-state index in [1.807, 2.05) is 25.1 Å². The Morgan fingerprint density at radius 1 is 1.30 bits per heavy atom. The molecule has 6 nitrogen and oxygen atoms in total. The molecule has 0 bridgehead atoms. The van der Waals surface area contributed by atoms with Crippen LogP contribution in [0.25, 0.3) is 10.9 Å². The fraction of sp³-hybridized carbons (Fsp3) is 0.118. The SMILES string of the molecule is COc1ccc2[nH]c(C)c(/C=N\NC(=O)c3ccncc3)c2c1.